The van der Waals surface area contributed by atoms with E-state index in [0.29, 0.717) is 23.7 Å². The minimum atomic E-state index is -0.174. The van der Waals surface area contributed by atoms with Crippen molar-refractivity contribution in [1.29, 1.82) is 0 Å². The Labute approximate surface area is 157 Å². The first kappa shape index (κ1) is 18.2. The molecule has 2 aromatic carbocycles. The first-order valence-electron chi connectivity index (χ1n) is 8.31. The number of hydrogen-bond donors (Lipinski definition) is 2. The van der Waals surface area contributed by atoms with E-state index in [4.69, 9.17) is 16.7 Å². The number of fused-ring (bicyclic) bond motifs is 1. The van der Waals surface area contributed by atoms with Gasteiger partial charge in [-0.2, -0.15) is 5.10 Å². The molecule has 0 aliphatic carbocycles. The second-order valence-electron chi connectivity index (χ2n) is 6.08. The molecule has 0 fully saturated rings. The zero-order chi connectivity index (χ0) is 18.7. The standard InChI is InChI=1S/C19H21ClN4O2/c1-23(10-11-25)14-8-6-13(7-9-14)19(26)21-12-16-18-15(20)4-3-5-17(18)24(2)22-16/h3-9,25H,10-12H2,1-2H3,(H,21,26). The number of nitrogens with zero attached hydrogens (tertiary/aromatic N) is 3. The molecule has 0 saturated heterocycles. The lowest BCUT2D eigenvalue weighted by molar-refractivity contribution is 0.0950. The van der Waals surface area contributed by atoms with Crippen LogP contribution in [0.5, 0.6) is 0 Å². The molecule has 1 aromatic heterocycles. The van der Waals surface area contributed by atoms with E-state index in [2.05, 4.69) is 10.4 Å². The quantitative estimate of drug-likeness (QED) is 0.697. The summed E-state index contributed by atoms with van der Waals surface area (Å²) < 4.78 is 1.76. The number of likely N-dealkylation sites (N-methyl/N-ethyl adjacent to an activating group) is 1. The van der Waals surface area contributed by atoms with E-state index in [1.807, 2.05) is 49.3 Å². The molecule has 1 heterocycles. The van der Waals surface area contributed by atoms with Gasteiger partial charge in [0, 0.05) is 37.3 Å². The van der Waals surface area contributed by atoms with Crippen molar-refractivity contribution in [2.45, 2.75) is 6.54 Å². The lowest BCUT2D eigenvalue weighted by Gasteiger charge is -2.17. The van der Waals surface area contributed by atoms with Crippen LogP contribution in [0.2, 0.25) is 5.02 Å². The Hall–Kier alpha value is -2.57. The fraction of sp³-hybridized carbons (Fsp3) is 0.263. The normalized spacial score (nSPS) is 10.9. The van der Waals surface area contributed by atoms with Gasteiger partial charge in [-0.1, -0.05) is 17.7 Å². The monoisotopic (exact) mass is 372 g/mol. The van der Waals surface area contributed by atoms with Gasteiger partial charge in [0.15, 0.2) is 0 Å². The molecular weight excluding hydrogens is 352 g/mol. The second kappa shape index (κ2) is 7.76. The van der Waals surface area contributed by atoms with Crippen LogP contribution in [0, 0.1) is 0 Å². The molecule has 3 rings (SSSR count). The van der Waals surface area contributed by atoms with Crippen molar-refractivity contribution in [2.75, 3.05) is 25.1 Å². The molecule has 0 atom stereocenters. The number of amides is 1. The van der Waals surface area contributed by atoms with Gasteiger partial charge in [-0.3, -0.25) is 9.48 Å². The summed E-state index contributed by atoms with van der Waals surface area (Å²) >= 11 is 6.29. The molecule has 0 spiro atoms. The predicted octanol–water partition coefficient (Wildman–Crippen LogP) is 2.59. The fourth-order valence-electron chi connectivity index (χ4n) is 2.89. The first-order chi connectivity index (χ1) is 12.5. The molecule has 0 unspecified atom stereocenters. The van der Waals surface area contributed by atoms with Gasteiger partial charge in [0.05, 0.1) is 29.4 Å². The summed E-state index contributed by atoms with van der Waals surface area (Å²) in [5.74, 6) is -0.174. The Bertz CT molecular complexity index is 921. The van der Waals surface area contributed by atoms with Gasteiger partial charge in [0.25, 0.3) is 5.91 Å². The minimum Gasteiger partial charge on any atom is -0.395 e. The maximum Gasteiger partial charge on any atom is 0.251 e. The molecular formula is C19H21ClN4O2. The van der Waals surface area contributed by atoms with E-state index in [1.54, 1.807) is 16.8 Å². The third-order valence-electron chi connectivity index (χ3n) is 4.32. The zero-order valence-corrected chi connectivity index (χ0v) is 15.5. The van der Waals surface area contributed by atoms with Gasteiger partial charge in [-0.05, 0) is 36.4 Å². The first-order valence-corrected chi connectivity index (χ1v) is 8.69. The number of carbonyl (C=O) groups is 1. The van der Waals surface area contributed by atoms with Gasteiger partial charge in [-0.15, -0.1) is 0 Å². The Balaban J connectivity index is 1.71. The van der Waals surface area contributed by atoms with Crippen molar-refractivity contribution in [3.63, 3.8) is 0 Å². The molecule has 0 radical (unpaired) electrons. The summed E-state index contributed by atoms with van der Waals surface area (Å²) in [5, 5.41) is 17.8. The third kappa shape index (κ3) is 3.66. The van der Waals surface area contributed by atoms with Crippen LogP contribution in [0.1, 0.15) is 16.1 Å². The summed E-state index contributed by atoms with van der Waals surface area (Å²) in [7, 11) is 3.74. The van der Waals surface area contributed by atoms with Crippen LogP contribution in [0.15, 0.2) is 42.5 Å². The molecule has 26 heavy (non-hydrogen) atoms. The van der Waals surface area contributed by atoms with Crippen molar-refractivity contribution < 1.29 is 9.90 Å². The molecule has 2 N–H and O–H groups in total. The van der Waals surface area contributed by atoms with Crippen molar-refractivity contribution in [3.05, 3.63) is 58.7 Å². The minimum absolute atomic E-state index is 0.0827. The number of benzene rings is 2. The fourth-order valence-corrected chi connectivity index (χ4v) is 3.17. The Kier molecular flexibility index (Phi) is 5.44. The number of aliphatic hydroxyl groups is 1. The maximum absolute atomic E-state index is 12.4. The van der Waals surface area contributed by atoms with Crippen LogP contribution in [-0.4, -0.2) is 41.0 Å². The average molecular weight is 373 g/mol. The lowest BCUT2D eigenvalue weighted by Crippen LogP contribution is -2.24. The molecule has 0 saturated carbocycles. The number of aryl methyl sites for hydroxylation is 1. The average Bonchev–Trinajstić information content (AvgIpc) is 2.97. The number of aromatic nitrogens is 2. The van der Waals surface area contributed by atoms with Crippen LogP contribution < -0.4 is 10.2 Å². The zero-order valence-electron chi connectivity index (χ0n) is 14.7. The maximum atomic E-state index is 12.4. The molecule has 0 aliphatic heterocycles. The van der Waals surface area contributed by atoms with E-state index in [-0.39, 0.29) is 12.5 Å². The van der Waals surface area contributed by atoms with Gasteiger partial charge >= 0.3 is 0 Å². The highest BCUT2D eigenvalue weighted by Gasteiger charge is 2.13. The number of rotatable bonds is 6. The molecule has 3 aromatic rings. The summed E-state index contributed by atoms with van der Waals surface area (Å²) in [4.78, 5) is 14.3. The Morgan fingerprint density at radius 2 is 2.00 bits per heavy atom. The highest BCUT2D eigenvalue weighted by atomic mass is 35.5. The lowest BCUT2D eigenvalue weighted by atomic mass is 10.1. The van der Waals surface area contributed by atoms with E-state index >= 15 is 0 Å². The van der Waals surface area contributed by atoms with Gasteiger partial charge < -0.3 is 15.3 Å². The molecule has 136 valence electrons. The van der Waals surface area contributed by atoms with Crippen molar-refractivity contribution in [3.8, 4) is 0 Å². The largest absolute Gasteiger partial charge is 0.395 e. The topological polar surface area (TPSA) is 70.4 Å². The van der Waals surface area contributed by atoms with E-state index in [0.717, 1.165) is 22.3 Å². The Morgan fingerprint density at radius 3 is 2.69 bits per heavy atom. The molecule has 7 heteroatoms. The summed E-state index contributed by atoms with van der Waals surface area (Å²) in [6.45, 7) is 0.921. The second-order valence-corrected chi connectivity index (χ2v) is 6.49. The van der Waals surface area contributed by atoms with Crippen LogP contribution in [0.4, 0.5) is 5.69 Å². The van der Waals surface area contributed by atoms with Gasteiger partial charge in [0.2, 0.25) is 0 Å². The predicted molar refractivity (Wildman–Crippen MR) is 104 cm³/mol. The molecule has 1 amide bonds. The molecule has 0 bridgehead atoms. The van der Waals surface area contributed by atoms with Crippen molar-refractivity contribution in [2.24, 2.45) is 7.05 Å². The molecule has 6 nitrogen and oxygen atoms in total. The van der Waals surface area contributed by atoms with E-state index in [1.165, 1.54) is 0 Å². The highest BCUT2D eigenvalue weighted by Crippen LogP contribution is 2.26. The smallest absolute Gasteiger partial charge is 0.251 e. The highest BCUT2D eigenvalue weighted by molar-refractivity contribution is 6.35. The number of hydrogen-bond acceptors (Lipinski definition) is 4. The van der Waals surface area contributed by atoms with E-state index in [9.17, 15) is 4.79 Å². The van der Waals surface area contributed by atoms with Crippen LogP contribution in [-0.2, 0) is 13.6 Å². The molecule has 0 aliphatic rings. The van der Waals surface area contributed by atoms with Gasteiger partial charge in [0.1, 0.15) is 0 Å². The van der Waals surface area contributed by atoms with E-state index < -0.39 is 0 Å². The Morgan fingerprint density at radius 1 is 1.27 bits per heavy atom. The number of halogens is 1. The van der Waals surface area contributed by atoms with Crippen LogP contribution in [0.25, 0.3) is 10.9 Å². The SMILES string of the molecule is CN(CCO)c1ccc(C(=O)NCc2nn(C)c3cccc(Cl)c23)cc1. The third-order valence-corrected chi connectivity index (χ3v) is 4.64. The number of anilines is 1. The number of nitrogens with one attached hydrogen (secondary N) is 1. The summed E-state index contributed by atoms with van der Waals surface area (Å²) in [6.07, 6.45) is 0. The number of aliphatic hydroxyl groups excluding tert-OH is 1. The van der Waals surface area contributed by atoms with Gasteiger partial charge in [-0.25, -0.2) is 0 Å². The van der Waals surface area contributed by atoms with Crippen molar-refractivity contribution in [1.82, 2.24) is 15.1 Å². The number of carbonyl (C=O) groups excluding carboxylic acids is 1. The van der Waals surface area contributed by atoms with Crippen molar-refractivity contribution >= 4 is 34.1 Å². The summed E-state index contributed by atoms with van der Waals surface area (Å²) in [5.41, 5.74) is 3.18. The summed E-state index contributed by atoms with van der Waals surface area (Å²) in [6, 6.07) is 12.9. The van der Waals surface area contributed by atoms with Crippen LogP contribution >= 0.6 is 11.6 Å². The van der Waals surface area contributed by atoms with Crippen LogP contribution in [0.3, 0.4) is 0 Å².